The zero-order valence-corrected chi connectivity index (χ0v) is 15.1. The van der Waals surface area contributed by atoms with Crippen LogP contribution in [0.1, 0.15) is 11.1 Å². The van der Waals surface area contributed by atoms with Crippen molar-refractivity contribution in [3.05, 3.63) is 82.2 Å². The fourth-order valence-corrected chi connectivity index (χ4v) is 2.53. The maximum absolute atomic E-state index is 12.7. The Balaban J connectivity index is 1.74. The number of aromatic nitrogens is 1. The molecule has 0 bridgehead atoms. The van der Waals surface area contributed by atoms with Gasteiger partial charge in [0.25, 0.3) is 5.69 Å². The normalized spacial score (nSPS) is 11.6. The number of ether oxygens (including phenoxy) is 1. The monoisotopic (exact) mass is 404 g/mol. The molecule has 10 heteroatoms. The quantitative estimate of drug-likeness (QED) is 0.361. The summed E-state index contributed by atoms with van der Waals surface area (Å²) in [5, 5.41) is 15.0. The summed E-state index contributed by atoms with van der Waals surface area (Å²) in [7, 11) is 1.58. The zero-order chi connectivity index (χ0) is 21.0. The first-order valence-corrected chi connectivity index (χ1v) is 8.25. The number of nitrogens with zero attached hydrogens (tertiary/aromatic N) is 3. The molecule has 3 rings (SSSR count). The number of halogens is 3. The van der Waals surface area contributed by atoms with Gasteiger partial charge in [0.1, 0.15) is 11.4 Å². The van der Waals surface area contributed by atoms with E-state index in [2.05, 4.69) is 10.5 Å². The number of nitro groups is 1. The summed E-state index contributed by atoms with van der Waals surface area (Å²) in [4.78, 5) is 10.2. The van der Waals surface area contributed by atoms with Crippen LogP contribution in [0.2, 0.25) is 0 Å². The Hall–Kier alpha value is -3.82. The van der Waals surface area contributed by atoms with Gasteiger partial charge in [0.05, 0.1) is 23.8 Å². The van der Waals surface area contributed by atoms with Gasteiger partial charge >= 0.3 is 6.18 Å². The summed E-state index contributed by atoms with van der Waals surface area (Å²) >= 11 is 0. The van der Waals surface area contributed by atoms with Crippen molar-refractivity contribution in [2.75, 3.05) is 12.5 Å². The number of nitrogens with one attached hydrogen (secondary N) is 1. The van der Waals surface area contributed by atoms with E-state index >= 15 is 0 Å². The van der Waals surface area contributed by atoms with Gasteiger partial charge in [-0.2, -0.15) is 18.3 Å². The standard InChI is InChI=1S/C19H15F3N4O3/c1-29-16-5-3-15(4-6-16)25-9-8-13(12-25)11-23-24-17-7-2-14(19(20,21)22)10-18(17)26(27)28/h2-12,24H,1H3/b23-11+. The van der Waals surface area contributed by atoms with Crippen molar-refractivity contribution >= 4 is 17.6 Å². The molecule has 29 heavy (non-hydrogen) atoms. The van der Waals surface area contributed by atoms with E-state index in [4.69, 9.17) is 4.74 Å². The van der Waals surface area contributed by atoms with Crippen LogP contribution in [0.4, 0.5) is 24.5 Å². The molecule has 0 aliphatic rings. The van der Waals surface area contributed by atoms with Crippen molar-refractivity contribution in [3.8, 4) is 11.4 Å². The first-order valence-electron chi connectivity index (χ1n) is 8.25. The molecule has 0 aliphatic heterocycles. The summed E-state index contributed by atoms with van der Waals surface area (Å²) in [6.45, 7) is 0. The number of methoxy groups -OCH3 is 1. The lowest BCUT2D eigenvalue weighted by Crippen LogP contribution is -2.06. The van der Waals surface area contributed by atoms with E-state index in [1.54, 1.807) is 25.6 Å². The van der Waals surface area contributed by atoms with Crippen LogP contribution in [0.5, 0.6) is 5.75 Å². The Kier molecular flexibility index (Phi) is 5.53. The first kappa shape index (κ1) is 19.9. The van der Waals surface area contributed by atoms with E-state index in [0.717, 1.165) is 23.6 Å². The third-order valence-corrected chi connectivity index (χ3v) is 4.01. The summed E-state index contributed by atoms with van der Waals surface area (Å²) in [5.74, 6) is 0.727. The molecule has 0 aliphatic carbocycles. The number of hydrazone groups is 1. The summed E-state index contributed by atoms with van der Waals surface area (Å²) in [6, 6.07) is 11.3. The second-order valence-electron chi connectivity index (χ2n) is 5.91. The largest absolute Gasteiger partial charge is 0.497 e. The molecule has 0 amide bonds. The van der Waals surface area contributed by atoms with E-state index in [1.807, 2.05) is 28.8 Å². The Bertz CT molecular complexity index is 1040. The van der Waals surface area contributed by atoms with Crippen molar-refractivity contribution in [2.45, 2.75) is 6.18 Å². The third-order valence-electron chi connectivity index (χ3n) is 4.01. The maximum atomic E-state index is 12.7. The molecule has 1 heterocycles. The number of nitro benzene ring substituents is 1. The highest BCUT2D eigenvalue weighted by molar-refractivity contribution is 5.80. The minimum Gasteiger partial charge on any atom is -0.497 e. The van der Waals surface area contributed by atoms with Crippen LogP contribution in [0.25, 0.3) is 5.69 Å². The van der Waals surface area contributed by atoms with Gasteiger partial charge in [-0.3, -0.25) is 15.5 Å². The topological polar surface area (TPSA) is 81.7 Å². The number of alkyl halides is 3. The molecule has 0 radical (unpaired) electrons. The first-order chi connectivity index (χ1) is 13.8. The van der Waals surface area contributed by atoms with Crippen LogP contribution in [0.3, 0.4) is 0 Å². The predicted molar refractivity (Wildman–Crippen MR) is 102 cm³/mol. The predicted octanol–water partition coefficient (Wildman–Crippen LogP) is 4.86. The summed E-state index contributed by atoms with van der Waals surface area (Å²) in [6.07, 6.45) is 0.302. The van der Waals surface area contributed by atoms with Crippen LogP contribution in [0, 0.1) is 10.1 Å². The molecule has 0 spiro atoms. The molecule has 2 aromatic carbocycles. The van der Waals surface area contributed by atoms with Crippen molar-refractivity contribution in [1.29, 1.82) is 0 Å². The van der Waals surface area contributed by atoms with Gasteiger partial charge in [0.15, 0.2) is 0 Å². The summed E-state index contributed by atoms with van der Waals surface area (Å²) in [5.41, 5.74) is 2.03. The van der Waals surface area contributed by atoms with E-state index in [-0.39, 0.29) is 5.69 Å². The average molecular weight is 404 g/mol. The van der Waals surface area contributed by atoms with Crippen molar-refractivity contribution < 1.29 is 22.8 Å². The van der Waals surface area contributed by atoms with Gasteiger partial charge in [0.2, 0.25) is 0 Å². The fourth-order valence-electron chi connectivity index (χ4n) is 2.53. The minimum atomic E-state index is -4.67. The molecule has 0 saturated heterocycles. The fraction of sp³-hybridized carbons (Fsp3) is 0.105. The Morgan fingerprint density at radius 2 is 1.90 bits per heavy atom. The Morgan fingerprint density at radius 1 is 1.17 bits per heavy atom. The third kappa shape index (κ3) is 4.72. The molecule has 1 N–H and O–H groups in total. The van der Waals surface area contributed by atoms with Crippen LogP contribution >= 0.6 is 0 Å². The van der Waals surface area contributed by atoms with Crippen molar-refractivity contribution in [1.82, 2.24) is 4.57 Å². The number of hydrogen-bond donors (Lipinski definition) is 1. The van der Waals surface area contributed by atoms with Crippen LogP contribution < -0.4 is 10.2 Å². The molecule has 0 unspecified atom stereocenters. The molecular weight excluding hydrogens is 389 g/mol. The van der Waals surface area contributed by atoms with Crippen molar-refractivity contribution in [3.63, 3.8) is 0 Å². The number of hydrogen-bond acceptors (Lipinski definition) is 5. The van der Waals surface area contributed by atoms with Gasteiger partial charge in [0, 0.05) is 29.7 Å². The van der Waals surface area contributed by atoms with Gasteiger partial charge in [-0.15, -0.1) is 0 Å². The minimum absolute atomic E-state index is 0.145. The second-order valence-corrected chi connectivity index (χ2v) is 5.91. The highest BCUT2D eigenvalue weighted by atomic mass is 19.4. The van der Waals surface area contributed by atoms with Gasteiger partial charge in [-0.25, -0.2) is 0 Å². The maximum Gasteiger partial charge on any atom is 0.416 e. The molecule has 0 saturated carbocycles. The van der Waals surface area contributed by atoms with E-state index in [1.165, 1.54) is 6.21 Å². The molecular formula is C19H15F3N4O3. The van der Waals surface area contributed by atoms with Crippen LogP contribution in [0.15, 0.2) is 66.0 Å². The van der Waals surface area contributed by atoms with E-state index in [9.17, 15) is 23.3 Å². The smallest absolute Gasteiger partial charge is 0.416 e. The lowest BCUT2D eigenvalue weighted by Gasteiger charge is -2.08. The van der Waals surface area contributed by atoms with Crippen LogP contribution in [-0.2, 0) is 6.18 Å². The molecule has 1 aromatic heterocycles. The molecule has 7 nitrogen and oxygen atoms in total. The molecule has 150 valence electrons. The average Bonchev–Trinajstić information content (AvgIpc) is 3.16. The zero-order valence-electron chi connectivity index (χ0n) is 15.1. The lowest BCUT2D eigenvalue weighted by molar-refractivity contribution is -0.384. The van der Waals surface area contributed by atoms with E-state index in [0.29, 0.717) is 11.6 Å². The number of benzene rings is 2. The van der Waals surface area contributed by atoms with Gasteiger partial charge in [-0.1, -0.05) is 0 Å². The van der Waals surface area contributed by atoms with Gasteiger partial charge in [-0.05, 0) is 42.5 Å². The van der Waals surface area contributed by atoms with E-state index < -0.39 is 22.4 Å². The van der Waals surface area contributed by atoms with Crippen molar-refractivity contribution in [2.24, 2.45) is 5.10 Å². The Labute approximate surface area is 163 Å². The number of rotatable bonds is 6. The Morgan fingerprint density at radius 3 is 2.52 bits per heavy atom. The highest BCUT2D eigenvalue weighted by Crippen LogP contribution is 2.34. The molecule has 0 fully saturated rings. The van der Waals surface area contributed by atoms with Crippen LogP contribution in [-0.4, -0.2) is 22.8 Å². The summed E-state index contributed by atoms with van der Waals surface area (Å²) < 4.78 is 45.2. The highest BCUT2D eigenvalue weighted by Gasteiger charge is 2.33. The SMILES string of the molecule is COc1ccc(-n2ccc(/C=N/Nc3ccc(C(F)(F)F)cc3[N+](=O)[O-])c2)cc1. The molecule has 0 atom stereocenters. The number of anilines is 1. The lowest BCUT2D eigenvalue weighted by atomic mass is 10.1. The van der Waals surface area contributed by atoms with Gasteiger partial charge < -0.3 is 9.30 Å². The second kappa shape index (κ2) is 8.05. The molecule has 3 aromatic rings.